The van der Waals surface area contributed by atoms with Gasteiger partial charge in [-0.15, -0.1) is 0 Å². The van der Waals surface area contributed by atoms with E-state index in [1.807, 2.05) is 18.2 Å². The molecule has 4 aromatic rings. The lowest BCUT2D eigenvalue weighted by atomic mass is 9.95. The molecule has 0 amide bonds. The average molecular weight is 381 g/mol. The zero-order valence-corrected chi connectivity index (χ0v) is 16.9. The molecular weight excluding hydrogens is 354 g/mol. The largest absolute Gasteiger partial charge is 0.389 e. The van der Waals surface area contributed by atoms with Crippen molar-refractivity contribution in [3.63, 3.8) is 0 Å². The van der Waals surface area contributed by atoms with Gasteiger partial charge < -0.3 is 5.11 Å². The first-order chi connectivity index (χ1) is 14.1. The molecule has 0 unspecified atom stereocenters. The highest BCUT2D eigenvalue weighted by Gasteiger charge is 2.35. The Morgan fingerprint density at radius 2 is 0.966 bits per heavy atom. The van der Waals surface area contributed by atoms with Crippen LogP contribution in [0.5, 0.6) is 0 Å². The minimum Gasteiger partial charge on any atom is -0.389 e. The quantitative estimate of drug-likeness (QED) is 0.441. The van der Waals surface area contributed by atoms with Crippen LogP contribution in [0.15, 0.2) is 103 Å². The van der Waals surface area contributed by atoms with Crippen molar-refractivity contribution >= 4 is 0 Å². The molecule has 0 aliphatic heterocycles. The molecule has 2 heteroatoms. The van der Waals surface area contributed by atoms with Crippen molar-refractivity contribution in [2.75, 3.05) is 6.61 Å². The lowest BCUT2D eigenvalue weighted by Gasteiger charge is -2.23. The number of aliphatic hydroxyl groups is 1. The van der Waals surface area contributed by atoms with E-state index in [1.165, 1.54) is 5.56 Å². The maximum atomic E-state index is 10.3. The number of pyridine rings is 1. The third kappa shape index (κ3) is 3.85. The zero-order chi connectivity index (χ0) is 20.3. The highest BCUT2D eigenvalue weighted by molar-refractivity contribution is 5.73. The molecule has 0 saturated carbocycles. The Morgan fingerprint density at radius 3 is 1.34 bits per heavy atom. The molecule has 0 radical (unpaired) electrons. The molecule has 1 aromatic heterocycles. The molecule has 0 aliphatic rings. The van der Waals surface area contributed by atoms with E-state index in [-0.39, 0.29) is 6.61 Å². The second-order valence-electron chi connectivity index (χ2n) is 7.92. The van der Waals surface area contributed by atoms with Gasteiger partial charge in [-0.1, -0.05) is 66.7 Å². The zero-order valence-electron chi connectivity index (χ0n) is 16.9. The molecule has 0 saturated heterocycles. The van der Waals surface area contributed by atoms with Crippen LogP contribution in [0.25, 0.3) is 33.6 Å². The molecule has 1 N–H and O–H groups in total. The molecule has 0 aliphatic carbocycles. The van der Waals surface area contributed by atoms with E-state index in [0.717, 1.165) is 28.1 Å². The van der Waals surface area contributed by atoms with Gasteiger partial charge in [-0.05, 0) is 35.4 Å². The second-order valence-corrected chi connectivity index (χ2v) is 7.92. The van der Waals surface area contributed by atoms with Gasteiger partial charge in [0.25, 0.3) is 0 Å². The number of hydrogen-bond donors (Lipinski definition) is 1. The van der Waals surface area contributed by atoms with E-state index >= 15 is 0 Å². The van der Waals surface area contributed by atoms with Gasteiger partial charge in [0.05, 0.1) is 0 Å². The summed E-state index contributed by atoms with van der Waals surface area (Å²) in [5.74, 6) is 0. The number of benzene rings is 3. The van der Waals surface area contributed by atoms with Crippen molar-refractivity contribution in [3.05, 3.63) is 103 Å². The van der Waals surface area contributed by atoms with Crippen molar-refractivity contribution in [1.29, 1.82) is 0 Å². The van der Waals surface area contributed by atoms with Gasteiger partial charge in [-0.3, -0.25) is 0 Å². The highest BCUT2D eigenvalue weighted by atomic mass is 16.3. The summed E-state index contributed by atoms with van der Waals surface area (Å²) in [4.78, 5) is 0. The first-order valence-electron chi connectivity index (χ1n) is 9.98. The summed E-state index contributed by atoms with van der Waals surface area (Å²) >= 11 is 0. The fraction of sp³-hybridized carbons (Fsp3) is 0.148. The predicted octanol–water partition coefficient (Wildman–Crippen LogP) is 5.70. The molecule has 29 heavy (non-hydrogen) atoms. The minimum atomic E-state index is -0.467. The lowest BCUT2D eigenvalue weighted by Crippen LogP contribution is -2.57. The van der Waals surface area contributed by atoms with Crippen molar-refractivity contribution in [2.45, 2.75) is 19.4 Å². The first kappa shape index (κ1) is 19.1. The summed E-state index contributed by atoms with van der Waals surface area (Å²) < 4.78 is 2.27. The smallest absolute Gasteiger partial charge is 0.214 e. The summed E-state index contributed by atoms with van der Waals surface area (Å²) in [6.07, 6.45) is 0. The monoisotopic (exact) mass is 380 g/mol. The number of aliphatic hydroxyl groups excluding tert-OH is 1. The normalized spacial score (nSPS) is 11.4. The number of rotatable bonds is 5. The molecule has 4 rings (SSSR count). The van der Waals surface area contributed by atoms with E-state index in [1.54, 1.807) is 0 Å². The maximum Gasteiger partial charge on any atom is 0.214 e. The predicted molar refractivity (Wildman–Crippen MR) is 119 cm³/mol. The van der Waals surface area contributed by atoms with Crippen LogP contribution in [-0.4, -0.2) is 11.7 Å². The summed E-state index contributed by atoms with van der Waals surface area (Å²) in [5, 5.41) is 10.3. The Balaban J connectivity index is 2.09. The van der Waals surface area contributed by atoms with Crippen LogP contribution < -0.4 is 4.57 Å². The van der Waals surface area contributed by atoms with E-state index in [4.69, 9.17) is 0 Å². The van der Waals surface area contributed by atoms with Crippen LogP contribution in [-0.2, 0) is 5.54 Å². The van der Waals surface area contributed by atoms with Crippen molar-refractivity contribution in [3.8, 4) is 33.6 Å². The highest BCUT2D eigenvalue weighted by Crippen LogP contribution is 2.31. The molecule has 1 heterocycles. The summed E-state index contributed by atoms with van der Waals surface area (Å²) in [6.45, 7) is 4.20. The SMILES string of the molecule is CC(C)(CO)[n+]1c(-c2ccccc2)cc(-c2ccccc2)cc1-c1ccccc1. The molecular formula is C27H26NO+. The molecule has 2 nitrogen and oxygen atoms in total. The number of hydrogen-bond acceptors (Lipinski definition) is 1. The Kier molecular flexibility index (Phi) is 5.28. The van der Waals surface area contributed by atoms with E-state index in [2.05, 4.69) is 103 Å². The standard InChI is InChI=1S/C27H26NO/c1-27(2,20-29)28-25(22-14-8-4-9-15-22)18-24(21-12-6-3-7-13-21)19-26(28)23-16-10-5-11-17-23/h3-19,29H,20H2,1-2H3/q+1. The van der Waals surface area contributed by atoms with Gasteiger partial charge >= 0.3 is 0 Å². The van der Waals surface area contributed by atoms with Gasteiger partial charge in [0.2, 0.25) is 11.4 Å². The molecule has 0 bridgehead atoms. The molecule has 0 atom stereocenters. The van der Waals surface area contributed by atoms with Crippen molar-refractivity contribution < 1.29 is 9.67 Å². The maximum absolute atomic E-state index is 10.3. The molecule has 0 fully saturated rings. The van der Waals surface area contributed by atoms with Crippen LogP contribution in [0.3, 0.4) is 0 Å². The summed E-state index contributed by atoms with van der Waals surface area (Å²) in [5.41, 5.74) is 6.30. The van der Waals surface area contributed by atoms with Crippen molar-refractivity contribution in [1.82, 2.24) is 0 Å². The summed E-state index contributed by atoms with van der Waals surface area (Å²) in [6, 6.07) is 35.7. The lowest BCUT2D eigenvalue weighted by molar-refractivity contribution is -0.740. The van der Waals surface area contributed by atoms with Crippen LogP contribution in [0.4, 0.5) is 0 Å². The Bertz CT molecular complexity index is 1030. The van der Waals surface area contributed by atoms with E-state index in [0.29, 0.717) is 0 Å². The average Bonchev–Trinajstić information content (AvgIpc) is 2.80. The Hall–Kier alpha value is -3.23. The second kappa shape index (κ2) is 8.02. The third-order valence-corrected chi connectivity index (χ3v) is 5.30. The van der Waals surface area contributed by atoms with E-state index < -0.39 is 5.54 Å². The fourth-order valence-electron chi connectivity index (χ4n) is 3.76. The van der Waals surface area contributed by atoms with Crippen LogP contribution >= 0.6 is 0 Å². The Labute approximate surface area is 172 Å². The third-order valence-electron chi connectivity index (χ3n) is 5.30. The first-order valence-corrected chi connectivity index (χ1v) is 9.98. The van der Waals surface area contributed by atoms with Gasteiger partial charge in [-0.25, -0.2) is 0 Å². The van der Waals surface area contributed by atoms with Crippen LogP contribution in [0.2, 0.25) is 0 Å². The molecule has 3 aromatic carbocycles. The van der Waals surface area contributed by atoms with E-state index in [9.17, 15) is 5.11 Å². The van der Waals surface area contributed by atoms with Crippen LogP contribution in [0.1, 0.15) is 13.8 Å². The van der Waals surface area contributed by atoms with Crippen molar-refractivity contribution in [2.24, 2.45) is 0 Å². The summed E-state index contributed by atoms with van der Waals surface area (Å²) in [7, 11) is 0. The minimum absolute atomic E-state index is 0.0437. The number of aromatic nitrogens is 1. The Morgan fingerprint density at radius 1 is 0.586 bits per heavy atom. The molecule has 0 spiro atoms. The molecule has 144 valence electrons. The van der Waals surface area contributed by atoms with Gasteiger partial charge in [-0.2, -0.15) is 4.57 Å². The van der Waals surface area contributed by atoms with Crippen LogP contribution in [0, 0.1) is 0 Å². The van der Waals surface area contributed by atoms with Gasteiger partial charge in [0, 0.05) is 37.1 Å². The van der Waals surface area contributed by atoms with Gasteiger partial charge in [0.1, 0.15) is 6.61 Å². The topological polar surface area (TPSA) is 24.1 Å². The van der Waals surface area contributed by atoms with Gasteiger partial charge in [0.15, 0.2) is 5.54 Å². The fourth-order valence-corrected chi connectivity index (χ4v) is 3.76. The number of nitrogens with zero attached hydrogens (tertiary/aromatic N) is 1.